The smallest absolute Gasteiger partial charge is 0.475 e. The molecule has 4 N–H and O–H groups in total. The Morgan fingerprint density at radius 1 is 1.12 bits per heavy atom. The third-order valence-electron chi connectivity index (χ3n) is 3.14. The number of carbonyl (C=O) groups is 1. The zero-order valence-electron chi connectivity index (χ0n) is 13.0. The number of imidazole rings is 1. The van der Waals surface area contributed by atoms with E-state index in [2.05, 4.69) is 4.98 Å². The van der Waals surface area contributed by atoms with Crippen molar-refractivity contribution in [3.05, 3.63) is 60.2 Å². The lowest BCUT2D eigenvalue weighted by Crippen LogP contribution is -2.21. The van der Waals surface area contributed by atoms with E-state index in [1.807, 2.05) is 6.20 Å². The maximum atomic E-state index is 12.9. The zero-order chi connectivity index (χ0) is 19.5. The highest BCUT2D eigenvalue weighted by Crippen LogP contribution is 2.19. The molecule has 0 aliphatic heterocycles. The predicted octanol–water partition coefficient (Wildman–Crippen LogP) is 3.06. The molecule has 2 aromatic heterocycles. The summed E-state index contributed by atoms with van der Waals surface area (Å²) < 4.78 is 46.4. The molecule has 0 fully saturated rings. The van der Waals surface area contributed by atoms with Crippen molar-refractivity contribution < 1.29 is 27.5 Å². The first-order valence-electron chi connectivity index (χ1n) is 6.97. The number of nitrogens with zero attached hydrogens (tertiary/aromatic N) is 2. The maximum Gasteiger partial charge on any atom is 0.490 e. The Bertz CT molecular complexity index is 949. The largest absolute Gasteiger partial charge is 0.490 e. The molecule has 0 aliphatic carbocycles. The number of benzene rings is 1. The van der Waals surface area contributed by atoms with E-state index in [4.69, 9.17) is 21.0 Å². The second-order valence-corrected chi connectivity index (χ2v) is 5.03. The Balaban J connectivity index is 0.000000298. The van der Waals surface area contributed by atoms with Gasteiger partial charge in [0.05, 0.1) is 5.69 Å². The van der Waals surface area contributed by atoms with Crippen LogP contribution in [0.2, 0.25) is 0 Å². The first-order valence-corrected chi connectivity index (χ1v) is 6.97. The number of carboxylic acid groups (broad SMARTS) is 1. The average Bonchev–Trinajstić information content (AvgIpc) is 2.98. The van der Waals surface area contributed by atoms with Crippen LogP contribution in [0.5, 0.6) is 0 Å². The number of nitrogen functional groups attached to an aromatic ring is 1. The Hall–Kier alpha value is -3.43. The number of aromatic nitrogens is 2. The number of amidine groups is 1. The molecule has 1 aromatic carbocycles. The first-order chi connectivity index (χ1) is 12.1. The summed E-state index contributed by atoms with van der Waals surface area (Å²) in [5.74, 6) is -3.02. The zero-order valence-corrected chi connectivity index (χ0v) is 13.0. The summed E-state index contributed by atoms with van der Waals surface area (Å²) in [5, 5.41) is 14.5. The van der Waals surface area contributed by atoms with Gasteiger partial charge in [-0.25, -0.2) is 14.2 Å². The summed E-state index contributed by atoms with van der Waals surface area (Å²) in [6.45, 7) is 0. The van der Waals surface area contributed by atoms with E-state index in [1.54, 1.807) is 34.9 Å². The van der Waals surface area contributed by atoms with Crippen molar-refractivity contribution in [2.24, 2.45) is 5.73 Å². The lowest BCUT2D eigenvalue weighted by molar-refractivity contribution is -0.192. The monoisotopic (exact) mass is 368 g/mol. The van der Waals surface area contributed by atoms with Crippen LogP contribution in [0.1, 0.15) is 5.56 Å². The van der Waals surface area contributed by atoms with Crippen LogP contribution in [0.3, 0.4) is 0 Å². The Morgan fingerprint density at radius 3 is 2.19 bits per heavy atom. The number of pyridine rings is 1. The van der Waals surface area contributed by atoms with E-state index >= 15 is 0 Å². The molecular formula is C16H12F4N4O2. The molecule has 10 heteroatoms. The van der Waals surface area contributed by atoms with Crippen LogP contribution in [0, 0.1) is 11.2 Å². The molecule has 3 rings (SSSR count). The number of alkyl halides is 3. The minimum atomic E-state index is -5.08. The van der Waals surface area contributed by atoms with Gasteiger partial charge in [-0.05, 0) is 36.4 Å². The summed E-state index contributed by atoms with van der Waals surface area (Å²) in [6.07, 6.45) is -1.51. The van der Waals surface area contributed by atoms with Gasteiger partial charge in [-0.2, -0.15) is 13.2 Å². The van der Waals surface area contributed by atoms with Crippen LogP contribution in [-0.4, -0.2) is 32.5 Å². The van der Waals surface area contributed by atoms with Crippen LogP contribution in [0.25, 0.3) is 16.9 Å². The van der Waals surface area contributed by atoms with Crippen molar-refractivity contribution in [2.75, 3.05) is 0 Å². The summed E-state index contributed by atoms with van der Waals surface area (Å²) in [5.41, 5.74) is 8.43. The normalized spacial score (nSPS) is 10.9. The van der Waals surface area contributed by atoms with Crippen LogP contribution >= 0.6 is 0 Å². The van der Waals surface area contributed by atoms with Gasteiger partial charge in [0.1, 0.15) is 17.3 Å². The highest BCUT2D eigenvalue weighted by molar-refractivity contribution is 5.94. The SMILES string of the molecule is N=C(N)c1ccc2nc(-c3ccc(F)cc3)cn2c1.O=C(O)C(F)(F)F. The molecule has 0 amide bonds. The molecule has 0 atom stereocenters. The van der Waals surface area contributed by atoms with Crippen molar-refractivity contribution >= 4 is 17.5 Å². The topological polar surface area (TPSA) is 104 Å². The van der Waals surface area contributed by atoms with Gasteiger partial charge in [-0.15, -0.1) is 0 Å². The lowest BCUT2D eigenvalue weighted by atomic mass is 10.2. The number of nitrogens with two attached hydrogens (primary N) is 1. The Morgan fingerprint density at radius 2 is 1.69 bits per heavy atom. The van der Waals surface area contributed by atoms with Gasteiger partial charge in [0.2, 0.25) is 0 Å². The third-order valence-corrected chi connectivity index (χ3v) is 3.14. The molecule has 0 saturated carbocycles. The van der Waals surface area contributed by atoms with Crippen LogP contribution < -0.4 is 5.73 Å². The van der Waals surface area contributed by atoms with E-state index in [9.17, 15) is 17.6 Å². The van der Waals surface area contributed by atoms with Gasteiger partial charge in [0.15, 0.2) is 0 Å². The number of aliphatic carboxylic acids is 1. The maximum absolute atomic E-state index is 12.9. The van der Waals surface area contributed by atoms with Crippen molar-refractivity contribution in [3.8, 4) is 11.3 Å². The second-order valence-electron chi connectivity index (χ2n) is 5.03. The van der Waals surface area contributed by atoms with Crippen LogP contribution in [-0.2, 0) is 4.79 Å². The van der Waals surface area contributed by atoms with E-state index in [1.165, 1.54) is 12.1 Å². The fraction of sp³-hybridized carbons (Fsp3) is 0.0625. The molecule has 6 nitrogen and oxygen atoms in total. The summed E-state index contributed by atoms with van der Waals surface area (Å²) in [7, 11) is 0. The molecule has 0 spiro atoms. The number of fused-ring (bicyclic) bond motifs is 1. The van der Waals surface area contributed by atoms with E-state index < -0.39 is 12.1 Å². The van der Waals surface area contributed by atoms with Gasteiger partial charge in [0.25, 0.3) is 0 Å². The van der Waals surface area contributed by atoms with Gasteiger partial charge < -0.3 is 15.2 Å². The molecule has 0 bridgehead atoms. The molecule has 2 heterocycles. The van der Waals surface area contributed by atoms with Crippen molar-refractivity contribution in [2.45, 2.75) is 6.18 Å². The van der Waals surface area contributed by atoms with Crippen molar-refractivity contribution in [1.82, 2.24) is 9.38 Å². The number of halogens is 4. The molecule has 0 radical (unpaired) electrons. The van der Waals surface area contributed by atoms with Crippen LogP contribution in [0.4, 0.5) is 17.6 Å². The van der Waals surface area contributed by atoms with Crippen LogP contribution in [0.15, 0.2) is 48.8 Å². The number of carboxylic acids is 1. The van der Waals surface area contributed by atoms with E-state index in [0.717, 1.165) is 16.9 Å². The van der Waals surface area contributed by atoms with Gasteiger partial charge >= 0.3 is 12.1 Å². The summed E-state index contributed by atoms with van der Waals surface area (Å²) >= 11 is 0. The average molecular weight is 368 g/mol. The van der Waals surface area contributed by atoms with Gasteiger partial charge in [0, 0.05) is 23.5 Å². The summed E-state index contributed by atoms with van der Waals surface area (Å²) in [6, 6.07) is 9.72. The fourth-order valence-corrected chi connectivity index (χ4v) is 1.91. The minimum Gasteiger partial charge on any atom is -0.475 e. The highest BCUT2D eigenvalue weighted by Gasteiger charge is 2.38. The van der Waals surface area contributed by atoms with Crippen molar-refractivity contribution in [3.63, 3.8) is 0 Å². The Kier molecular flexibility index (Phi) is 5.24. The first kappa shape index (κ1) is 18.9. The number of nitrogens with one attached hydrogen (secondary N) is 1. The quantitative estimate of drug-likeness (QED) is 0.367. The molecule has 0 unspecified atom stereocenters. The molecule has 3 aromatic rings. The third kappa shape index (κ3) is 4.56. The number of hydrogen-bond acceptors (Lipinski definition) is 3. The molecular weight excluding hydrogens is 356 g/mol. The fourth-order valence-electron chi connectivity index (χ4n) is 1.91. The number of rotatable bonds is 2. The molecule has 0 saturated heterocycles. The lowest BCUT2D eigenvalue weighted by Gasteiger charge is -1.98. The predicted molar refractivity (Wildman–Crippen MR) is 85.3 cm³/mol. The summed E-state index contributed by atoms with van der Waals surface area (Å²) in [4.78, 5) is 13.3. The Labute approximate surface area is 144 Å². The second kappa shape index (κ2) is 7.21. The molecule has 26 heavy (non-hydrogen) atoms. The van der Waals surface area contributed by atoms with Gasteiger partial charge in [-0.1, -0.05) is 0 Å². The standard InChI is InChI=1S/C14H11FN4.C2HF3O2/c15-11-4-1-9(2-5-11)12-8-19-7-10(14(16)17)3-6-13(19)18-12;3-2(4,5)1(6)7/h1-8H,(H3,16,17);(H,6,7). The van der Waals surface area contributed by atoms with Crippen molar-refractivity contribution in [1.29, 1.82) is 5.41 Å². The molecule has 0 aliphatic rings. The van der Waals surface area contributed by atoms with Gasteiger partial charge in [-0.3, -0.25) is 5.41 Å². The number of hydrogen-bond donors (Lipinski definition) is 3. The van der Waals surface area contributed by atoms with E-state index in [0.29, 0.717) is 5.56 Å². The minimum absolute atomic E-state index is 0.0129. The highest BCUT2D eigenvalue weighted by atomic mass is 19.4. The van der Waals surface area contributed by atoms with E-state index in [-0.39, 0.29) is 11.7 Å². The molecule has 136 valence electrons.